The van der Waals surface area contributed by atoms with Crippen molar-refractivity contribution in [3.8, 4) is 0 Å². The highest BCUT2D eigenvalue weighted by molar-refractivity contribution is 7.32. The lowest BCUT2D eigenvalue weighted by atomic mass is 9.77. The SMILES string of the molecule is [B]NPOC(=O)NC(=N[C@@H]1CCN(CC2=C(C(=O)OPN[B])N3C(=O)C([C@@H](C)O[Si](CC)(CC)CC)[C@H]3[C@H]2C)C1)NC(=O)O. The molecule has 15 nitrogen and oxygen atoms in total. The first-order valence-electron chi connectivity index (χ1n) is 14.6. The predicted molar refractivity (Wildman–Crippen MR) is 172 cm³/mol. The van der Waals surface area contributed by atoms with Crippen LogP contribution in [0.1, 0.15) is 41.0 Å². The molecule has 20 heteroatoms. The van der Waals surface area contributed by atoms with E-state index in [1.54, 1.807) is 4.90 Å². The fraction of sp³-hybridized carbons (Fsp3) is 0.708. The molecule has 3 unspecified atom stereocenters. The van der Waals surface area contributed by atoms with Gasteiger partial charge in [-0.2, -0.15) is 0 Å². The van der Waals surface area contributed by atoms with Crippen molar-refractivity contribution in [1.82, 2.24) is 30.4 Å². The number of likely N-dealkylation sites (tertiary alicyclic amines) is 1. The molecule has 5 N–H and O–H groups in total. The molecule has 0 spiro atoms. The van der Waals surface area contributed by atoms with Gasteiger partial charge >= 0.3 is 18.2 Å². The molecule has 3 rings (SSSR count). The van der Waals surface area contributed by atoms with Crippen LogP contribution in [0.4, 0.5) is 9.59 Å². The summed E-state index contributed by atoms with van der Waals surface area (Å²) >= 11 is 0. The lowest BCUT2D eigenvalue weighted by Crippen LogP contribution is -2.65. The van der Waals surface area contributed by atoms with E-state index in [9.17, 15) is 24.3 Å². The van der Waals surface area contributed by atoms with E-state index in [2.05, 4.69) is 51.3 Å². The summed E-state index contributed by atoms with van der Waals surface area (Å²) in [4.78, 5) is 62.5. The maximum atomic E-state index is 13.6. The van der Waals surface area contributed by atoms with Gasteiger partial charge in [-0.1, -0.05) is 27.7 Å². The van der Waals surface area contributed by atoms with Crippen LogP contribution in [-0.4, -0.2) is 107 Å². The van der Waals surface area contributed by atoms with E-state index in [1.165, 1.54) is 0 Å². The van der Waals surface area contributed by atoms with Crippen LogP contribution in [0, 0.1) is 11.8 Å². The second kappa shape index (κ2) is 16.5. The third kappa shape index (κ3) is 8.39. The molecule has 0 aromatic carbocycles. The summed E-state index contributed by atoms with van der Waals surface area (Å²) in [5.74, 6) is -1.56. The van der Waals surface area contributed by atoms with Crippen molar-refractivity contribution in [2.45, 2.75) is 77.4 Å². The Kier molecular flexibility index (Phi) is 13.6. The number of aliphatic imine (C=N–C) groups is 1. The van der Waals surface area contributed by atoms with Gasteiger partial charge in [0, 0.05) is 25.6 Å². The summed E-state index contributed by atoms with van der Waals surface area (Å²) in [7, 11) is 7.47. The highest BCUT2D eigenvalue weighted by Gasteiger charge is 2.61. The van der Waals surface area contributed by atoms with Gasteiger partial charge in [0.05, 0.1) is 24.1 Å². The van der Waals surface area contributed by atoms with Gasteiger partial charge < -0.3 is 33.5 Å². The van der Waals surface area contributed by atoms with E-state index in [4.69, 9.17) is 29.4 Å². The quantitative estimate of drug-likeness (QED) is 0.0595. The van der Waals surface area contributed by atoms with Crippen LogP contribution in [0.5, 0.6) is 0 Å². The Labute approximate surface area is 265 Å². The number of carbonyl (C=O) groups excluding carboxylic acids is 3. The lowest BCUT2D eigenvalue weighted by Gasteiger charge is -2.49. The Morgan fingerprint density at radius 3 is 2.34 bits per heavy atom. The zero-order chi connectivity index (χ0) is 32.6. The third-order valence-corrected chi connectivity index (χ3v) is 14.2. The fourth-order valence-electron chi connectivity index (χ4n) is 6.30. The van der Waals surface area contributed by atoms with Crippen molar-refractivity contribution < 1.29 is 37.8 Å². The number of β-lactam (4-membered cyclic amide) rings is 1. The molecule has 0 aromatic heterocycles. The Morgan fingerprint density at radius 1 is 1.11 bits per heavy atom. The number of rotatable bonds is 14. The van der Waals surface area contributed by atoms with Gasteiger partial charge in [0.1, 0.15) is 23.6 Å². The van der Waals surface area contributed by atoms with Crippen LogP contribution >= 0.6 is 17.9 Å². The number of carboxylic acid groups (broad SMARTS) is 1. The van der Waals surface area contributed by atoms with E-state index < -0.39 is 44.4 Å². The second-order valence-corrected chi connectivity index (χ2v) is 17.1. The Balaban J connectivity index is 1.79. The predicted octanol–water partition coefficient (Wildman–Crippen LogP) is 1.46. The minimum Gasteiger partial charge on any atom is -0.465 e. The molecule has 0 saturated carbocycles. The fourth-order valence-corrected chi connectivity index (χ4v) is 9.69. The maximum Gasteiger partial charge on any atom is 0.417 e. The smallest absolute Gasteiger partial charge is 0.417 e. The molecule has 44 heavy (non-hydrogen) atoms. The minimum absolute atomic E-state index is 0.137. The molecule has 7 atom stereocenters. The topological polar surface area (TPSA) is 183 Å². The van der Waals surface area contributed by atoms with Crippen LogP contribution in [0.25, 0.3) is 0 Å². The normalized spacial score (nSPS) is 25.1. The maximum absolute atomic E-state index is 13.6. The molecule has 3 aliphatic rings. The van der Waals surface area contributed by atoms with Gasteiger partial charge in [-0.3, -0.25) is 20.3 Å². The minimum atomic E-state index is -1.97. The van der Waals surface area contributed by atoms with Gasteiger partial charge in [-0.15, -0.1) is 0 Å². The molecule has 240 valence electrons. The number of amides is 3. The Morgan fingerprint density at radius 2 is 1.75 bits per heavy atom. The van der Waals surface area contributed by atoms with Crippen LogP contribution in [0.3, 0.4) is 0 Å². The molecule has 0 aromatic rings. The first-order chi connectivity index (χ1) is 20.9. The number of nitrogens with zero attached hydrogens (tertiary/aromatic N) is 3. The van der Waals surface area contributed by atoms with Crippen molar-refractivity contribution in [3.05, 3.63) is 11.3 Å². The van der Waals surface area contributed by atoms with Gasteiger partial charge in [0.15, 0.2) is 24.3 Å². The van der Waals surface area contributed by atoms with Crippen LogP contribution in [0.15, 0.2) is 16.3 Å². The van der Waals surface area contributed by atoms with Crippen molar-refractivity contribution in [2.24, 2.45) is 16.8 Å². The summed E-state index contributed by atoms with van der Waals surface area (Å²) in [5.41, 5.74) is 1.02. The molecule has 0 aliphatic carbocycles. The molecule has 3 amide bonds. The number of nitrogens with one attached hydrogen (secondary N) is 4. The van der Waals surface area contributed by atoms with Crippen molar-refractivity contribution in [2.75, 3.05) is 19.6 Å². The zero-order valence-electron chi connectivity index (χ0n) is 25.6. The van der Waals surface area contributed by atoms with Crippen molar-refractivity contribution in [3.63, 3.8) is 0 Å². The molecular weight excluding hydrogens is 626 g/mol. The molecule has 0 bridgehead atoms. The van der Waals surface area contributed by atoms with Crippen LogP contribution in [0.2, 0.25) is 18.1 Å². The summed E-state index contributed by atoms with van der Waals surface area (Å²) in [6, 6.07) is 2.30. The summed E-state index contributed by atoms with van der Waals surface area (Å²) in [6.45, 7) is 11.8. The highest BCUT2D eigenvalue weighted by Crippen LogP contribution is 2.49. The molecular formula is C24H41B2N7O8P2Si. The number of hydrogen-bond acceptors (Lipinski definition) is 11. The number of carbonyl (C=O) groups is 4. The van der Waals surface area contributed by atoms with Gasteiger partial charge in [-0.05, 0) is 37.0 Å². The summed E-state index contributed by atoms with van der Waals surface area (Å²) in [5, 5.41) is 13.5. The number of guanidine groups is 1. The lowest BCUT2D eigenvalue weighted by molar-refractivity contribution is -0.161. The van der Waals surface area contributed by atoms with Crippen molar-refractivity contribution in [1.29, 1.82) is 0 Å². The van der Waals surface area contributed by atoms with E-state index >= 15 is 0 Å². The average Bonchev–Trinajstić information content (AvgIpc) is 3.52. The standard InChI is InChI=1S/C24H41B2N7O8P2Si/c1-6-44(7-2,8-3)41-14(5)17-18-13(4)16(19(33(18)20(17)34)21(35)39-42-30-25)12-32-10-9-15(11-32)27-22(28-23(36)37)29-24(38)40-43-31-26/h13-15,17-18,30-31,42-43H,6-12H2,1-5H3,(H,36,37)(H2,27,28,29,38)/t13-,14+,15+,17?,18+/m0/s1. The molecule has 2 saturated heterocycles. The van der Waals surface area contributed by atoms with Crippen LogP contribution in [-0.2, 0) is 23.1 Å². The van der Waals surface area contributed by atoms with E-state index in [0.29, 0.717) is 26.1 Å². The molecule has 4 radical (unpaired) electrons. The highest BCUT2D eigenvalue weighted by atomic mass is 31.1. The summed E-state index contributed by atoms with van der Waals surface area (Å²) < 4.78 is 16.8. The Hall–Kier alpha value is -2.06. The summed E-state index contributed by atoms with van der Waals surface area (Å²) in [6.07, 6.45) is -2.06. The number of fused-ring (bicyclic) bond motifs is 1. The first kappa shape index (κ1) is 36.4. The second-order valence-electron chi connectivity index (χ2n) is 10.9. The molecule has 3 aliphatic heterocycles. The molecule has 2 fully saturated rings. The van der Waals surface area contributed by atoms with Gasteiger partial charge in [-0.25, -0.2) is 19.4 Å². The van der Waals surface area contributed by atoms with E-state index in [1.807, 2.05) is 13.8 Å². The van der Waals surface area contributed by atoms with Gasteiger partial charge in [0.25, 0.3) is 0 Å². The monoisotopic (exact) mass is 667 g/mol. The first-order valence-corrected chi connectivity index (χ1v) is 18.9. The average molecular weight is 667 g/mol. The van der Waals surface area contributed by atoms with E-state index in [0.717, 1.165) is 23.7 Å². The van der Waals surface area contributed by atoms with Crippen molar-refractivity contribution >= 4 is 72.2 Å². The van der Waals surface area contributed by atoms with Gasteiger partial charge in [0.2, 0.25) is 11.9 Å². The number of hydrogen-bond donors (Lipinski definition) is 5. The molecule has 3 heterocycles. The zero-order valence-corrected chi connectivity index (χ0v) is 28.6. The van der Waals surface area contributed by atoms with Crippen LogP contribution < -0.4 is 20.6 Å². The largest absolute Gasteiger partial charge is 0.465 e. The third-order valence-electron chi connectivity index (χ3n) is 8.67. The Bertz CT molecular complexity index is 1140. The van der Waals surface area contributed by atoms with E-state index in [-0.39, 0.29) is 47.6 Å².